The first-order chi connectivity index (χ1) is 7.25. The molecule has 0 bridgehead atoms. The summed E-state index contributed by atoms with van der Waals surface area (Å²) in [5.74, 6) is 0.983. The number of nitrogens with zero attached hydrogens (tertiary/aromatic N) is 2. The maximum absolute atomic E-state index is 11.7. The Hall–Kier alpha value is -0.810. The summed E-state index contributed by atoms with van der Waals surface area (Å²) in [4.78, 5) is 16.2. The fraction of sp³-hybridized carbons (Fsp3) is 0.200. The van der Waals surface area contributed by atoms with Crippen LogP contribution in [0.4, 0.5) is 0 Å². The lowest BCUT2D eigenvalue weighted by molar-refractivity contribution is 0.0901. The number of hydrogen-bond donors (Lipinski definition) is 0. The van der Waals surface area contributed by atoms with Crippen LogP contribution < -0.4 is 0 Å². The Kier molecular flexibility index (Phi) is 2.10. The third-order valence-corrected chi connectivity index (χ3v) is 3.82. The molecule has 3 nitrogen and oxygen atoms in total. The van der Waals surface area contributed by atoms with Crippen molar-refractivity contribution in [3.63, 3.8) is 0 Å². The fourth-order valence-corrected chi connectivity index (χ4v) is 3.01. The van der Waals surface area contributed by atoms with Crippen LogP contribution in [0.2, 0.25) is 0 Å². The molecule has 0 amide bonds. The highest BCUT2D eigenvalue weighted by Crippen LogP contribution is 2.30. The van der Waals surface area contributed by atoms with Gasteiger partial charge in [-0.2, -0.15) is 0 Å². The first-order valence-electron chi connectivity index (χ1n) is 4.60. The van der Waals surface area contributed by atoms with Gasteiger partial charge in [-0.25, -0.2) is 4.98 Å². The zero-order valence-corrected chi connectivity index (χ0v) is 10.1. The van der Waals surface area contributed by atoms with Gasteiger partial charge in [-0.3, -0.25) is 9.36 Å². The highest BCUT2D eigenvalue weighted by Gasteiger charge is 2.21. The highest BCUT2D eigenvalue weighted by atomic mass is 79.9. The number of fused-ring (bicyclic) bond motifs is 3. The number of thioether (sulfide) groups is 1. The number of rotatable bonds is 0. The molecule has 0 unspecified atom stereocenters. The van der Waals surface area contributed by atoms with Crippen molar-refractivity contribution in [1.29, 1.82) is 0 Å². The van der Waals surface area contributed by atoms with Gasteiger partial charge in [0.2, 0.25) is 5.91 Å². The Bertz CT molecular complexity index is 564. The zero-order valence-electron chi connectivity index (χ0n) is 7.74. The molecule has 0 fully saturated rings. The summed E-state index contributed by atoms with van der Waals surface area (Å²) >= 11 is 5.04. The van der Waals surface area contributed by atoms with Gasteiger partial charge in [0.05, 0.1) is 11.0 Å². The SMILES string of the molecule is O=C1CCSc2nc3cc(Br)ccc3n21. The minimum Gasteiger partial charge on any atom is -0.274 e. The highest BCUT2D eigenvalue weighted by molar-refractivity contribution is 9.10. The summed E-state index contributed by atoms with van der Waals surface area (Å²) in [7, 11) is 0. The van der Waals surface area contributed by atoms with Gasteiger partial charge in [0, 0.05) is 16.6 Å². The molecule has 0 saturated carbocycles. The molecular formula is C10H7BrN2OS. The Balaban J connectivity index is 2.36. The first-order valence-corrected chi connectivity index (χ1v) is 6.37. The molecule has 0 N–H and O–H groups in total. The van der Waals surface area contributed by atoms with Crippen LogP contribution in [-0.4, -0.2) is 21.2 Å². The zero-order chi connectivity index (χ0) is 10.4. The Morgan fingerprint density at radius 1 is 1.47 bits per heavy atom. The minimum absolute atomic E-state index is 0.147. The first kappa shape index (κ1) is 9.42. The molecule has 0 atom stereocenters. The summed E-state index contributed by atoms with van der Waals surface area (Å²) in [5, 5.41) is 0.819. The predicted octanol–water partition coefficient (Wildman–Crippen LogP) is 2.93. The normalized spacial score (nSPS) is 15.7. The van der Waals surface area contributed by atoms with Gasteiger partial charge in [0.15, 0.2) is 5.16 Å². The third kappa shape index (κ3) is 1.41. The van der Waals surface area contributed by atoms with Crippen molar-refractivity contribution in [2.45, 2.75) is 11.6 Å². The molecule has 2 aromatic rings. The van der Waals surface area contributed by atoms with Crippen LogP contribution in [0.15, 0.2) is 27.8 Å². The molecule has 1 aromatic carbocycles. The van der Waals surface area contributed by atoms with Gasteiger partial charge in [0.1, 0.15) is 0 Å². The van der Waals surface area contributed by atoms with Crippen molar-refractivity contribution in [3.8, 4) is 0 Å². The molecule has 5 heteroatoms. The van der Waals surface area contributed by atoms with E-state index in [1.54, 1.807) is 16.3 Å². The van der Waals surface area contributed by atoms with Crippen LogP contribution in [0.25, 0.3) is 11.0 Å². The van der Waals surface area contributed by atoms with Gasteiger partial charge in [-0.05, 0) is 18.2 Å². The summed E-state index contributed by atoms with van der Waals surface area (Å²) < 4.78 is 2.71. The van der Waals surface area contributed by atoms with Crippen LogP contribution in [0, 0.1) is 0 Å². The fourth-order valence-electron chi connectivity index (χ4n) is 1.71. The summed E-state index contributed by atoms with van der Waals surface area (Å²) in [6.45, 7) is 0. The maximum Gasteiger partial charge on any atom is 0.234 e. The van der Waals surface area contributed by atoms with E-state index in [1.165, 1.54) is 0 Å². The Labute approximate surface area is 99.0 Å². The quantitative estimate of drug-likeness (QED) is 0.745. The number of halogens is 1. The van der Waals surface area contributed by atoms with E-state index >= 15 is 0 Å². The van der Waals surface area contributed by atoms with E-state index < -0.39 is 0 Å². The van der Waals surface area contributed by atoms with E-state index in [0.717, 1.165) is 26.4 Å². The van der Waals surface area contributed by atoms with Crippen molar-refractivity contribution in [2.75, 3.05) is 5.75 Å². The van der Waals surface area contributed by atoms with E-state index in [-0.39, 0.29) is 5.91 Å². The smallest absolute Gasteiger partial charge is 0.234 e. The largest absolute Gasteiger partial charge is 0.274 e. The number of imidazole rings is 1. The minimum atomic E-state index is 0.147. The van der Waals surface area contributed by atoms with Crippen LogP contribution in [0.1, 0.15) is 11.2 Å². The van der Waals surface area contributed by atoms with E-state index in [2.05, 4.69) is 20.9 Å². The Morgan fingerprint density at radius 2 is 2.33 bits per heavy atom. The summed E-state index contributed by atoms with van der Waals surface area (Å²) in [6.07, 6.45) is 0.596. The van der Waals surface area contributed by atoms with Gasteiger partial charge in [0.25, 0.3) is 0 Å². The van der Waals surface area contributed by atoms with Crippen LogP contribution in [-0.2, 0) is 0 Å². The average Bonchev–Trinajstić information content (AvgIpc) is 2.56. The summed E-state index contributed by atoms with van der Waals surface area (Å²) in [5.41, 5.74) is 1.78. The standard InChI is InChI=1S/C10H7BrN2OS/c11-6-1-2-8-7(5-6)12-10-13(8)9(14)3-4-15-10/h1-2,5H,3-4H2. The number of hydrogen-bond acceptors (Lipinski definition) is 3. The van der Waals surface area contributed by atoms with Gasteiger partial charge in [-0.1, -0.05) is 27.7 Å². The molecule has 76 valence electrons. The molecule has 0 radical (unpaired) electrons. The lowest BCUT2D eigenvalue weighted by Crippen LogP contribution is -2.16. The lowest BCUT2D eigenvalue weighted by atomic mass is 10.3. The lowest BCUT2D eigenvalue weighted by Gasteiger charge is -2.11. The molecule has 0 spiro atoms. The van der Waals surface area contributed by atoms with Crippen molar-refractivity contribution < 1.29 is 4.79 Å². The van der Waals surface area contributed by atoms with Crippen LogP contribution in [0.5, 0.6) is 0 Å². The van der Waals surface area contributed by atoms with Crippen LogP contribution in [0.3, 0.4) is 0 Å². The van der Waals surface area contributed by atoms with Crippen molar-refractivity contribution in [2.24, 2.45) is 0 Å². The number of benzene rings is 1. The maximum atomic E-state index is 11.7. The van der Waals surface area contributed by atoms with Gasteiger partial charge in [-0.15, -0.1) is 0 Å². The second-order valence-electron chi connectivity index (χ2n) is 3.36. The van der Waals surface area contributed by atoms with Crippen molar-refractivity contribution in [3.05, 3.63) is 22.7 Å². The van der Waals surface area contributed by atoms with Gasteiger partial charge < -0.3 is 0 Å². The molecule has 1 aromatic heterocycles. The number of carbonyl (C=O) groups is 1. The predicted molar refractivity (Wildman–Crippen MR) is 63.4 cm³/mol. The number of carbonyl (C=O) groups excluding carboxylic acids is 1. The molecule has 3 rings (SSSR count). The monoisotopic (exact) mass is 282 g/mol. The van der Waals surface area contributed by atoms with Crippen molar-refractivity contribution in [1.82, 2.24) is 9.55 Å². The molecule has 2 heterocycles. The van der Waals surface area contributed by atoms with E-state index in [1.807, 2.05) is 18.2 Å². The number of aromatic nitrogens is 2. The molecule has 1 aliphatic heterocycles. The van der Waals surface area contributed by atoms with Crippen LogP contribution >= 0.6 is 27.7 Å². The van der Waals surface area contributed by atoms with E-state index in [4.69, 9.17) is 0 Å². The second-order valence-corrected chi connectivity index (χ2v) is 5.33. The summed E-state index contributed by atoms with van der Waals surface area (Å²) in [6, 6.07) is 5.80. The van der Waals surface area contributed by atoms with Gasteiger partial charge >= 0.3 is 0 Å². The van der Waals surface area contributed by atoms with E-state index in [9.17, 15) is 4.79 Å². The molecule has 1 aliphatic rings. The Morgan fingerprint density at radius 3 is 3.20 bits per heavy atom. The average molecular weight is 283 g/mol. The topological polar surface area (TPSA) is 34.9 Å². The molecule has 0 aliphatic carbocycles. The van der Waals surface area contributed by atoms with E-state index in [0.29, 0.717) is 6.42 Å². The molecular weight excluding hydrogens is 276 g/mol. The third-order valence-electron chi connectivity index (χ3n) is 2.38. The molecule has 15 heavy (non-hydrogen) atoms. The van der Waals surface area contributed by atoms with Crippen molar-refractivity contribution >= 4 is 44.6 Å². The molecule has 0 saturated heterocycles. The second kappa shape index (κ2) is 3.35.